The minimum Gasteiger partial charge on any atom is -0.365 e. The van der Waals surface area contributed by atoms with Gasteiger partial charge in [0.15, 0.2) is 0 Å². The summed E-state index contributed by atoms with van der Waals surface area (Å²) in [6.45, 7) is 16.3. The average molecular weight is 520 g/mol. The van der Waals surface area contributed by atoms with Gasteiger partial charge in [0.2, 0.25) is 0 Å². The summed E-state index contributed by atoms with van der Waals surface area (Å²) in [5.41, 5.74) is 5.71. The van der Waals surface area contributed by atoms with Gasteiger partial charge in [0.1, 0.15) is 0 Å². The molecule has 3 rings (SSSR count). The van der Waals surface area contributed by atoms with Crippen LogP contribution in [0.5, 0.6) is 0 Å². The lowest BCUT2D eigenvalue weighted by Crippen LogP contribution is -2.39. The summed E-state index contributed by atoms with van der Waals surface area (Å²) in [6.07, 6.45) is 2.10. The Balaban J connectivity index is 0.00000247. The van der Waals surface area contributed by atoms with Gasteiger partial charge in [-0.3, -0.25) is 4.99 Å². The number of nitrogens with zero attached hydrogens (tertiary/aromatic N) is 3. The quantitative estimate of drug-likeness (QED) is 0.209. The molecule has 2 aromatic carbocycles. The van der Waals surface area contributed by atoms with Gasteiger partial charge in [-0.2, -0.15) is 18.4 Å². The van der Waals surface area contributed by atoms with Gasteiger partial charge >= 0.3 is 6.18 Å². The first-order valence-corrected chi connectivity index (χ1v) is 12.8. The summed E-state index contributed by atoms with van der Waals surface area (Å²) < 4.78 is 40.9. The number of aliphatic imine (C=N–C) groups is 1. The number of piperidine rings is 1. The van der Waals surface area contributed by atoms with Gasteiger partial charge in [0, 0.05) is 30.4 Å². The van der Waals surface area contributed by atoms with E-state index in [1.165, 1.54) is 6.07 Å². The van der Waals surface area contributed by atoms with Crippen molar-refractivity contribution in [1.29, 1.82) is 5.26 Å². The van der Waals surface area contributed by atoms with E-state index in [0.717, 1.165) is 23.3 Å². The summed E-state index contributed by atoms with van der Waals surface area (Å²) >= 11 is 0. The Kier molecular flexibility index (Phi) is 10.9. The first-order valence-electron chi connectivity index (χ1n) is 12.8. The zero-order chi connectivity index (χ0) is 28.3. The molecule has 0 bridgehead atoms. The van der Waals surface area contributed by atoms with E-state index in [4.69, 9.17) is 0 Å². The Hall–Kier alpha value is -3.81. The van der Waals surface area contributed by atoms with Gasteiger partial charge in [-0.15, -0.1) is 5.73 Å². The molecule has 0 radical (unpaired) electrons. The second kappa shape index (κ2) is 13.7. The number of benzene rings is 2. The molecule has 0 atom stereocenters. The Morgan fingerprint density at radius 1 is 1.11 bits per heavy atom. The number of likely N-dealkylation sites (tertiary alicyclic amines) is 1. The predicted molar refractivity (Wildman–Crippen MR) is 151 cm³/mol. The molecule has 0 aliphatic carbocycles. The Morgan fingerprint density at radius 2 is 1.74 bits per heavy atom. The highest BCUT2D eigenvalue weighted by Gasteiger charge is 2.37. The largest absolute Gasteiger partial charge is 0.416 e. The van der Waals surface area contributed by atoms with Crippen molar-refractivity contribution in [1.82, 2.24) is 4.90 Å². The van der Waals surface area contributed by atoms with Crippen molar-refractivity contribution in [2.75, 3.05) is 13.1 Å². The summed E-state index contributed by atoms with van der Waals surface area (Å²) in [4.78, 5) is 6.32. The molecule has 1 fully saturated rings. The van der Waals surface area contributed by atoms with Crippen LogP contribution in [-0.4, -0.2) is 24.2 Å². The lowest BCUT2D eigenvalue weighted by molar-refractivity contribution is -0.137. The number of hydrogen-bond donors (Lipinski definition) is 0. The van der Waals surface area contributed by atoms with Crippen molar-refractivity contribution < 1.29 is 13.2 Å². The van der Waals surface area contributed by atoms with Crippen molar-refractivity contribution in [3.05, 3.63) is 101 Å². The van der Waals surface area contributed by atoms with E-state index in [0.29, 0.717) is 54.9 Å². The summed E-state index contributed by atoms with van der Waals surface area (Å²) in [5.74, 6) is 0. The van der Waals surface area contributed by atoms with Crippen LogP contribution < -0.4 is 0 Å². The zero-order valence-corrected chi connectivity index (χ0v) is 22.7. The molecule has 1 aliphatic heterocycles. The second-order valence-corrected chi connectivity index (χ2v) is 9.00. The number of halogens is 3. The highest BCUT2D eigenvalue weighted by Crippen LogP contribution is 2.40. The van der Waals surface area contributed by atoms with Crippen LogP contribution in [0.15, 0.2) is 78.5 Å². The maximum Gasteiger partial charge on any atom is 0.416 e. The maximum absolute atomic E-state index is 13.6. The van der Waals surface area contributed by atoms with Crippen molar-refractivity contribution in [3.8, 4) is 6.07 Å². The number of allylic oxidation sites excluding steroid dienone is 2. The highest BCUT2D eigenvalue weighted by molar-refractivity contribution is 5.82. The minimum absolute atomic E-state index is 0.349. The number of aryl methyl sites for hydroxylation is 1. The summed E-state index contributed by atoms with van der Waals surface area (Å²) in [5, 5.41) is 10.1. The van der Waals surface area contributed by atoms with Gasteiger partial charge in [-0.25, -0.2) is 0 Å². The molecule has 0 unspecified atom stereocenters. The van der Waals surface area contributed by atoms with Crippen molar-refractivity contribution in [2.24, 2.45) is 10.4 Å². The molecule has 2 aromatic rings. The van der Waals surface area contributed by atoms with Gasteiger partial charge in [-0.1, -0.05) is 69.0 Å². The zero-order valence-electron chi connectivity index (χ0n) is 22.7. The topological polar surface area (TPSA) is 39.4 Å². The predicted octanol–water partition coefficient (Wildman–Crippen LogP) is 8.63. The number of alkyl halides is 3. The van der Waals surface area contributed by atoms with E-state index in [2.05, 4.69) is 30.0 Å². The molecular weight excluding hydrogens is 483 g/mol. The fourth-order valence-corrected chi connectivity index (χ4v) is 4.55. The van der Waals surface area contributed by atoms with E-state index < -0.39 is 17.2 Å². The highest BCUT2D eigenvalue weighted by atomic mass is 19.4. The van der Waals surface area contributed by atoms with E-state index in [9.17, 15) is 18.4 Å². The van der Waals surface area contributed by atoms with E-state index in [-0.39, 0.29) is 0 Å². The Morgan fingerprint density at radius 3 is 2.24 bits per heavy atom. The van der Waals surface area contributed by atoms with Crippen LogP contribution in [0.3, 0.4) is 0 Å². The Bertz CT molecular complexity index is 1250. The van der Waals surface area contributed by atoms with E-state index in [1.54, 1.807) is 25.3 Å². The van der Waals surface area contributed by atoms with E-state index >= 15 is 0 Å². The first-order chi connectivity index (χ1) is 18.2. The van der Waals surface area contributed by atoms with Crippen LogP contribution in [-0.2, 0) is 12.6 Å². The molecule has 1 saturated heterocycles. The van der Waals surface area contributed by atoms with Crippen LogP contribution in [0.2, 0.25) is 0 Å². The fraction of sp³-hybridized carbons (Fsp3) is 0.344. The molecule has 0 N–H and O–H groups in total. The summed E-state index contributed by atoms with van der Waals surface area (Å²) in [6, 6.07) is 14.3. The lowest BCUT2D eigenvalue weighted by atomic mass is 9.75. The third-order valence-electron chi connectivity index (χ3n) is 6.53. The number of nitriles is 1. The average Bonchev–Trinajstić information content (AvgIpc) is 2.92. The Labute approximate surface area is 225 Å². The van der Waals surface area contributed by atoms with Gasteiger partial charge in [0.25, 0.3) is 0 Å². The van der Waals surface area contributed by atoms with Crippen LogP contribution in [0, 0.1) is 23.7 Å². The van der Waals surface area contributed by atoms with E-state index in [1.807, 2.05) is 49.9 Å². The minimum atomic E-state index is -4.50. The van der Waals surface area contributed by atoms with Crippen LogP contribution >= 0.6 is 0 Å². The smallest absolute Gasteiger partial charge is 0.365 e. The standard InChI is InChI=1S/C30H30F3N3.C2H6/c1-5-8-27(35-7-3)25-14-13-24(30(31,32)33)19-26(25)28(6-2)36-17-15-29(21-34,16-18-36)20-23-11-9-22(4)10-12-23;1-2/h5,7-14,19H,1-2,15-18,20H2,3-4H3;1-2H3/b27-8-,35-7?;. The molecule has 0 aromatic heterocycles. The molecule has 0 spiro atoms. The first kappa shape index (κ1) is 30.4. The summed E-state index contributed by atoms with van der Waals surface area (Å²) in [7, 11) is 0. The molecule has 0 amide bonds. The molecule has 0 saturated carbocycles. The third-order valence-corrected chi connectivity index (χ3v) is 6.53. The van der Waals surface area contributed by atoms with Crippen molar-refractivity contribution >= 4 is 17.6 Å². The third kappa shape index (κ3) is 7.37. The molecule has 3 nitrogen and oxygen atoms in total. The monoisotopic (exact) mass is 519 g/mol. The van der Waals surface area contributed by atoms with Gasteiger partial charge in [-0.05, 0) is 56.9 Å². The molecule has 38 heavy (non-hydrogen) atoms. The van der Waals surface area contributed by atoms with Crippen LogP contribution in [0.4, 0.5) is 13.2 Å². The normalized spacial score (nSPS) is 15.2. The van der Waals surface area contributed by atoms with Gasteiger partial charge in [0.05, 0.1) is 28.4 Å². The SMILES string of the molecule is C=C=C(c1cc(C(F)(F)F)ccc1/C(=C/C=C)N=CC)N1CCC(C#N)(Cc2ccc(C)cc2)CC1.CC. The molecule has 6 heteroatoms. The van der Waals surface area contributed by atoms with Gasteiger partial charge < -0.3 is 4.90 Å². The van der Waals surface area contributed by atoms with Crippen molar-refractivity contribution in [2.45, 2.75) is 53.1 Å². The van der Waals surface area contributed by atoms with Crippen LogP contribution in [0.1, 0.15) is 61.4 Å². The van der Waals surface area contributed by atoms with Crippen molar-refractivity contribution in [3.63, 3.8) is 0 Å². The maximum atomic E-state index is 13.6. The molecule has 1 heterocycles. The van der Waals surface area contributed by atoms with Crippen LogP contribution in [0.25, 0.3) is 11.4 Å². The molecular formula is C32H36F3N3. The molecule has 200 valence electrons. The second-order valence-electron chi connectivity index (χ2n) is 9.00. The lowest BCUT2D eigenvalue weighted by Gasteiger charge is -2.39. The number of hydrogen-bond acceptors (Lipinski definition) is 3. The molecule has 1 aliphatic rings. The number of rotatable bonds is 7. The fourth-order valence-electron chi connectivity index (χ4n) is 4.55.